The zero-order valence-corrected chi connectivity index (χ0v) is 14.4. The molecule has 130 valence electrons. The van der Waals surface area contributed by atoms with Gasteiger partial charge in [0.1, 0.15) is 5.69 Å². The van der Waals surface area contributed by atoms with Gasteiger partial charge in [-0.05, 0) is 30.5 Å². The molecule has 3 rings (SSSR count). The van der Waals surface area contributed by atoms with Crippen molar-refractivity contribution in [3.8, 4) is 0 Å². The lowest BCUT2D eigenvalue weighted by molar-refractivity contribution is 0.0937. The summed E-state index contributed by atoms with van der Waals surface area (Å²) in [5.74, 6) is -0.418. The van der Waals surface area contributed by atoms with Crippen LogP contribution in [0.1, 0.15) is 57.8 Å². The molecule has 0 atom stereocenters. The number of amides is 2. The first kappa shape index (κ1) is 17.1. The smallest absolute Gasteiger partial charge is 0.269 e. The van der Waals surface area contributed by atoms with Crippen molar-refractivity contribution in [3.05, 3.63) is 65.0 Å². The Hall–Kier alpha value is -2.69. The summed E-state index contributed by atoms with van der Waals surface area (Å²) in [6.07, 6.45) is 4.94. The lowest BCUT2D eigenvalue weighted by atomic mass is 10.1. The lowest BCUT2D eigenvalue weighted by Crippen LogP contribution is -2.33. The Morgan fingerprint density at radius 2 is 1.80 bits per heavy atom. The molecule has 5 heteroatoms. The summed E-state index contributed by atoms with van der Waals surface area (Å²) in [5.41, 5.74) is 2.56. The van der Waals surface area contributed by atoms with E-state index in [1.165, 1.54) is 0 Å². The van der Waals surface area contributed by atoms with Crippen molar-refractivity contribution in [1.29, 1.82) is 0 Å². The van der Waals surface area contributed by atoms with E-state index >= 15 is 0 Å². The van der Waals surface area contributed by atoms with E-state index in [0.717, 1.165) is 31.2 Å². The van der Waals surface area contributed by atoms with Gasteiger partial charge in [0.05, 0.1) is 0 Å². The highest BCUT2D eigenvalue weighted by molar-refractivity contribution is 5.98. The molecular weight excluding hydrogens is 314 g/mol. The van der Waals surface area contributed by atoms with Gasteiger partial charge in [0.25, 0.3) is 11.8 Å². The van der Waals surface area contributed by atoms with Crippen LogP contribution < -0.4 is 10.6 Å². The van der Waals surface area contributed by atoms with E-state index in [0.29, 0.717) is 17.7 Å². The second kappa shape index (κ2) is 7.92. The summed E-state index contributed by atoms with van der Waals surface area (Å²) >= 11 is 0. The van der Waals surface area contributed by atoms with E-state index in [9.17, 15) is 9.59 Å². The van der Waals surface area contributed by atoms with Crippen LogP contribution in [-0.4, -0.2) is 29.9 Å². The van der Waals surface area contributed by atoms with E-state index in [2.05, 4.69) is 15.6 Å². The minimum atomic E-state index is -0.287. The zero-order chi connectivity index (χ0) is 17.6. The van der Waals surface area contributed by atoms with Gasteiger partial charge in [0.2, 0.25) is 0 Å². The highest BCUT2D eigenvalue weighted by Crippen LogP contribution is 2.19. The third-order valence-corrected chi connectivity index (χ3v) is 4.52. The Morgan fingerprint density at radius 3 is 2.48 bits per heavy atom. The number of rotatable bonds is 5. The quantitative estimate of drug-likeness (QED) is 0.881. The van der Waals surface area contributed by atoms with Crippen molar-refractivity contribution in [2.75, 3.05) is 7.05 Å². The average Bonchev–Trinajstić information content (AvgIpc) is 3.14. The molecule has 0 aliphatic heterocycles. The number of nitrogens with one attached hydrogen (secondary N) is 2. The minimum Gasteiger partial charge on any atom is -0.354 e. The molecule has 1 heterocycles. The van der Waals surface area contributed by atoms with Crippen LogP contribution in [0, 0.1) is 0 Å². The fraction of sp³-hybridized carbons (Fsp3) is 0.350. The van der Waals surface area contributed by atoms with Crippen LogP contribution in [0.5, 0.6) is 0 Å². The van der Waals surface area contributed by atoms with Gasteiger partial charge >= 0.3 is 0 Å². The largest absolute Gasteiger partial charge is 0.354 e. The van der Waals surface area contributed by atoms with E-state index < -0.39 is 0 Å². The van der Waals surface area contributed by atoms with E-state index in [1.54, 1.807) is 19.2 Å². The van der Waals surface area contributed by atoms with Crippen molar-refractivity contribution < 1.29 is 9.59 Å². The van der Waals surface area contributed by atoms with Gasteiger partial charge in [-0.15, -0.1) is 0 Å². The Bertz CT molecular complexity index is 753. The summed E-state index contributed by atoms with van der Waals surface area (Å²) in [6, 6.07) is 13.5. The highest BCUT2D eigenvalue weighted by atomic mass is 16.2. The van der Waals surface area contributed by atoms with Gasteiger partial charge in [-0.1, -0.05) is 43.2 Å². The molecule has 0 radical (unpaired) electrons. The van der Waals surface area contributed by atoms with Crippen LogP contribution in [0.15, 0.2) is 42.5 Å². The van der Waals surface area contributed by atoms with Gasteiger partial charge < -0.3 is 10.6 Å². The SMILES string of the molecule is CNC(=O)c1cc(C(=O)NC2CCCC2)cc(Cc2ccccc2)n1. The normalized spacial score (nSPS) is 14.3. The summed E-state index contributed by atoms with van der Waals surface area (Å²) in [7, 11) is 1.56. The first-order valence-corrected chi connectivity index (χ1v) is 8.73. The van der Waals surface area contributed by atoms with Gasteiger partial charge in [-0.25, -0.2) is 4.98 Å². The predicted octanol–water partition coefficient (Wildman–Crippen LogP) is 2.70. The number of aromatic nitrogens is 1. The Morgan fingerprint density at radius 1 is 1.08 bits per heavy atom. The average molecular weight is 337 g/mol. The molecule has 1 aromatic heterocycles. The Labute approximate surface area is 147 Å². The van der Waals surface area contributed by atoms with Crippen molar-refractivity contribution in [1.82, 2.24) is 15.6 Å². The van der Waals surface area contributed by atoms with E-state index in [1.807, 2.05) is 30.3 Å². The lowest BCUT2D eigenvalue weighted by Gasteiger charge is -2.13. The fourth-order valence-electron chi connectivity index (χ4n) is 3.20. The van der Waals surface area contributed by atoms with Gasteiger partial charge in [0, 0.05) is 30.8 Å². The number of carbonyl (C=O) groups is 2. The molecule has 0 saturated heterocycles. The molecule has 1 aromatic carbocycles. The molecule has 1 aliphatic rings. The number of pyridine rings is 1. The Kier molecular flexibility index (Phi) is 5.43. The van der Waals surface area contributed by atoms with Gasteiger partial charge in [-0.3, -0.25) is 9.59 Å². The molecule has 2 N–H and O–H groups in total. The van der Waals surface area contributed by atoms with Crippen LogP contribution in [0.3, 0.4) is 0 Å². The van der Waals surface area contributed by atoms with Crippen molar-refractivity contribution >= 4 is 11.8 Å². The second-order valence-electron chi connectivity index (χ2n) is 6.43. The van der Waals surface area contributed by atoms with Crippen molar-refractivity contribution in [2.24, 2.45) is 0 Å². The van der Waals surface area contributed by atoms with Crippen molar-refractivity contribution in [2.45, 2.75) is 38.1 Å². The third-order valence-electron chi connectivity index (χ3n) is 4.52. The molecule has 0 spiro atoms. The molecule has 25 heavy (non-hydrogen) atoms. The van der Waals surface area contributed by atoms with Crippen LogP contribution in [-0.2, 0) is 6.42 Å². The molecule has 2 aromatic rings. The third kappa shape index (κ3) is 4.44. The number of hydrogen-bond donors (Lipinski definition) is 2. The highest BCUT2D eigenvalue weighted by Gasteiger charge is 2.20. The number of nitrogens with zero attached hydrogens (tertiary/aromatic N) is 1. The van der Waals surface area contributed by atoms with Crippen LogP contribution in [0.25, 0.3) is 0 Å². The first-order valence-electron chi connectivity index (χ1n) is 8.73. The summed E-state index contributed by atoms with van der Waals surface area (Å²) < 4.78 is 0. The standard InChI is InChI=1S/C20H23N3O2/c1-21-20(25)18-13-15(19(24)23-16-9-5-6-10-16)12-17(22-18)11-14-7-3-2-4-8-14/h2-4,7-8,12-13,16H,5-6,9-11H2,1H3,(H,21,25)(H,23,24). The maximum atomic E-state index is 12.6. The van der Waals surface area contributed by atoms with E-state index in [-0.39, 0.29) is 23.6 Å². The molecule has 0 unspecified atom stereocenters. The number of carbonyl (C=O) groups excluding carboxylic acids is 2. The molecule has 2 amide bonds. The fourth-order valence-corrected chi connectivity index (χ4v) is 3.20. The predicted molar refractivity (Wildman–Crippen MR) is 96.6 cm³/mol. The minimum absolute atomic E-state index is 0.131. The molecular formula is C20H23N3O2. The second-order valence-corrected chi connectivity index (χ2v) is 6.43. The summed E-state index contributed by atoms with van der Waals surface area (Å²) in [6.45, 7) is 0. The van der Waals surface area contributed by atoms with Crippen LogP contribution in [0.2, 0.25) is 0 Å². The van der Waals surface area contributed by atoms with Gasteiger partial charge in [-0.2, -0.15) is 0 Å². The number of benzene rings is 1. The molecule has 1 saturated carbocycles. The monoisotopic (exact) mass is 337 g/mol. The zero-order valence-electron chi connectivity index (χ0n) is 14.4. The first-order chi connectivity index (χ1) is 12.2. The Balaban J connectivity index is 1.86. The van der Waals surface area contributed by atoms with Crippen LogP contribution >= 0.6 is 0 Å². The van der Waals surface area contributed by atoms with Gasteiger partial charge in [0.15, 0.2) is 0 Å². The molecule has 1 fully saturated rings. The topological polar surface area (TPSA) is 71.1 Å². The number of hydrogen-bond acceptors (Lipinski definition) is 3. The van der Waals surface area contributed by atoms with E-state index in [4.69, 9.17) is 0 Å². The summed E-state index contributed by atoms with van der Waals surface area (Å²) in [4.78, 5) is 29.1. The van der Waals surface area contributed by atoms with Crippen LogP contribution in [0.4, 0.5) is 0 Å². The molecule has 1 aliphatic carbocycles. The molecule has 5 nitrogen and oxygen atoms in total. The maximum absolute atomic E-state index is 12.6. The maximum Gasteiger partial charge on any atom is 0.269 e. The summed E-state index contributed by atoms with van der Waals surface area (Å²) in [5, 5.41) is 5.65. The van der Waals surface area contributed by atoms with Crippen molar-refractivity contribution in [3.63, 3.8) is 0 Å². The molecule has 0 bridgehead atoms.